The molecule has 1 atom stereocenters. The Morgan fingerprint density at radius 1 is 1.44 bits per heavy atom. The predicted molar refractivity (Wildman–Crippen MR) is 70.2 cm³/mol. The number of thioether (sulfide) groups is 1. The fraction of sp³-hybridized carbons (Fsp3) is 0.333. The van der Waals surface area contributed by atoms with Gasteiger partial charge in [0.25, 0.3) is 0 Å². The molecule has 0 radical (unpaired) electrons. The Kier molecular flexibility index (Phi) is 2.53. The summed E-state index contributed by atoms with van der Waals surface area (Å²) in [5.41, 5.74) is 5.53. The van der Waals surface area contributed by atoms with E-state index in [0.717, 1.165) is 13.0 Å². The van der Waals surface area contributed by atoms with Crippen LogP contribution in [0.5, 0.6) is 0 Å². The van der Waals surface area contributed by atoms with Crippen molar-refractivity contribution in [2.24, 2.45) is 0 Å². The first kappa shape index (κ1) is 10.1. The minimum Gasteiger partial charge on any atom is -0.384 e. The number of nitrogens with one attached hydrogen (secondary N) is 3. The van der Waals surface area contributed by atoms with E-state index >= 15 is 0 Å². The number of hydrogen-bond donors (Lipinski definition) is 3. The molecule has 0 fully saturated rings. The van der Waals surface area contributed by atoms with Gasteiger partial charge in [0.2, 0.25) is 0 Å². The number of hydrogen-bond acceptors (Lipinski definition) is 4. The molecule has 1 aromatic carbocycles. The summed E-state index contributed by atoms with van der Waals surface area (Å²) in [5.74, 6) is 0. The van der Waals surface area contributed by atoms with Crippen molar-refractivity contribution in [1.82, 2.24) is 10.6 Å². The van der Waals surface area contributed by atoms with E-state index in [1.165, 1.54) is 22.5 Å². The molecule has 0 spiro atoms. The first-order chi connectivity index (χ1) is 7.86. The van der Waals surface area contributed by atoms with Crippen molar-refractivity contribution in [3.8, 4) is 0 Å². The van der Waals surface area contributed by atoms with Gasteiger partial charge in [0.05, 0.1) is 0 Å². The lowest BCUT2D eigenvalue weighted by Gasteiger charge is -2.12. The predicted octanol–water partition coefficient (Wildman–Crippen LogP) is 1.79. The highest BCUT2D eigenvalue weighted by molar-refractivity contribution is 8.03. The van der Waals surface area contributed by atoms with Crippen LogP contribution < -0.4 is 16.0 Å². The molecular formula is C12H15N3S. The summed E-state index contributed by atoms with van der Waals surface area (Å²) < 4.78 is 0. The SMILES string of the molecule is CNC1NC(c2ccc3c(c2)CCN3)=CS1. The zero-order valence-corrected chi connectivity index (χ0v) is 10.0. The van der Waals surface area contributed by atoms with Crippen LogP contribution in [0, 0.1) is 0 Å². The lowest BCUT2D eigenvalue weighted by molar-refractivity contribution is 0.703. The Hall–Kier alpha value is -1.13. The van der Waals surface area contributed by atoms with E-state index in [-0.39, 0.29) is 0 Å². The third kappa shape index (κ3) is 1.68. The van der Waals surface area contributed by atoms with Gasteiger partial charge in [0.15, 0.2) is 0 Å². The molecule has 0 aromatic heterocycles. The molecule has 2 heterocycles. The van der Waals surface area contributed by atoms with Crippen LogP contribution in [0.15, 0.2) is 23.6 Å². The summed E-state index contributed by atoms with van der Waals surface area (Å²) in [5, 5.41) is 12.2. The Morgan fingerprint density at radius 3 is 3.19 bits per heavy atom. The van der Waals surface area contributed by atoms with Crippen LogP contribution in [0.2, 0.25) is 0 Å². The molecule has 0 saturated heterocycles. The van der Waals surface area contributed by atoms with Crippen LogP contribution in [0.3, 0.4) is 0 Å². The first-order valence-electron chi connectivity index (χ1n) is 5.53. The quantitative estimate of drug-likeness (QED) is 0.728. The van der Waals surface area contributed by atoms with Crippen LogP contribution in [0.1, 0.15) is 11.1 Å². The van der Waals surface area contributed by atoms with Gasteiger partial charge >= 0.3 is 0 Å². The van der Waals surface area contributed by atoms with Gasteiger partial charge < -0.3 is 10.6 Å². The van der Waals surface area contributed by atoms with Crippen LogP contribution in [0.25, 0.3) is 5.70 Å². The van der Waals surface area contributed by atoms with E-state index < -0.39 is 0 Å². The molecule has 1 aromatic rings. The van der Waals surface area contributed by atoms with E-state index in [0.29, 0.717) is 5.50 Å². The lowest BCUT2D eigenvalue weighted by Crippen LogP contribution is -2.32. The zero-order chi connectivity index (χ0) is 11.0. The lowest BCUT2D eigenvalue weighted by atomic mass is 10.1. The van der Waals surface area contributed by atoms with Crippen molar-refractivity contribution in [3.63, 3.8) is 0 Å². The molecule has 16 heavy (non-hydrogen) atoms. The molecule has 3 N–H and O–H groups in total. The number of benzene rings is 1. The molecule has 84 valence electrons. The summed E-state index contributed by atoms with van der Waals surface area (Å²) >= 11 is 1.78. The van der Waals surface area contributed by atoms with Gasteiger partial charge in [-0.25, -0.2) is 0 Å². The van der Waals surface area contributed by atoms with Crippen LogP contribution in [0.4, 0.5) is 5.69 Å². The van der Waals surface area contributed by atoms with Crippen molar-refractivity contribution >= 4 is 23.1 Å². The maximum absolute atomic E-state index is 3.44. The summed E-state index contributed by atoms with van der Waals surface area (Å²) in [7, 11) is 1.97. The number of anilines is 1. The fourth-order valence-corrected chi connectivity index (χ4v) is 2.92. The van der Waals surface area contributed by atoms with Crippen molar-refractivity contribution in [1.29, 1.82) is 0 Å². The third-order valence-corrected chi connectivity index (χ3v) is 3.99. The molecule has 2 aliphatic rings. The highest BCUT2D eigenvalue weighted by atomic mass is 32.2. The molecule has 1 unspecified atom stereocenters. The smallest absolute Gasteiger partial charge is 0.129 e. The summed E-state index contributed by atoms with van der Waals surface area (Å²) in [4.78, 5) is 0. The second-order valence-corrected chi connectivity index (χ2v) is 5.01. The van der Waals surface area contributed by atoms with Gasteiger partial charge in [0.1, 0.15) is 5.50 Å². The van der Waals surface area contributed by atoms with Crippen LogP contribution in [-0.4, -0.2) is 19.1 Å². The van der Waals surface area contributed by atoms with Crippen molar-refractivity contribution in [3.05, 3.63) is 34.7 Å². The minimum atomic E-state index is 0.307. The summed E-state index contributed by atoms with van der Waals surface area (Å²) in [6.45, 7) is 1.07. The third-order valence-electron chi connectivity index (χ3n) is 3.00. The Balaban J connectivity index is 1.85. The molecule has 4 heteroatoms. The monoisotopic (exact) mass is 233 g/mol. The fourth-order valence-electron chi connectivity index (χ4n) is 2.11. The second kappa shape index (κ2) is 4.03. The maximum Gasteiger partial charge on any atom is 0.129 e. The van der Waals surface area contributed by atoms with E-state index in [2.05, 4.69) is 39.6 Å². The largest absolute Gasteiger partial charge is 0.384 e. The molecular weight excluding hydrogens is 218 g/mol. The number of rotatable bonds is 2. The standard InChI is InChI=1S/C12H15N3S/c1-13-12-15-11(7-16-12)8-2-3-10-9(6-8)4-5-14-10/h2-3,6-7,12-15H,4-5H2,1H3. The molecule has 0 saturated carbocycles. The molecule has 2 aliphatic heterocycles. The second-order valence-electron chi connectivity index (χ2n) is 4.03. The first-order valence-corrected chi connectivity index (χ1v) is 6.48. The van der Waals surface area contributed by atoms with Gasteiger partial charge in [-0.05, 0) is 42.1 Å². The van der Waals surface area contributed by atoms with E-state index in [1.54, 1.807) is 11.8 Å². The Morgan fingerprint density at radius 2 is 2.38 bits per heavy atom. The Labute approximate surface area is 99.7 Å². The molecule has 3 nitrogen and oxygen atoms in total. The average molecular weight is 233 g/mol. The molecule has 0 aliphatic carbocycles. The van der Waals surface area contributed by atoms with E-state index in [9.17, 15) is 0 Å². The number of fused-ring (bicyclic) bond motifs is 1. The van der Waals surface area contributed by atoms with E-state index in [1.807, 2.05) is 7.05 Å². The van der Waals surface area contributed by atoms with Gasteiger partial charge in [0, 0.05) is 17.9 Å². The summed E-state index contributed by atoms with van der Waals surface area (Å²) in [6, 6.07) is 6.64. The van der Waals surface area contributed by atoms with E-state index in [4.69, 9.17) is 0 Å². The van der Waals surface area contributed by atoms with Crippen LogP contribution >= 0.6 is 11.8 Å². The highest BCUT2D eigenvalue weighted by Gasteiger charge is 2.17. The maximum atomic E-state index is 3.44. The molecule has 0 amide bonds. The van der Waals surface area contributed by atoms with Crippen molar-refractivity contribution < 1.29 is 0 Å². The highest BCUT2D eigenvalue weighted by Crippen LogP contribution is 2.30. The minimum absolute atomic E-state index is 0.307. The van der Waals surface area contributed by atoms with Crippen molar-refractivity contribution in [2.75, 3.05) is 18.9 Å². The van der Waals surface area contributed by atoms with Gasteiger partial charge in [-0.3, -0.25) is 5.32 Å². The van der Waals surface area contributed by atoms with Gasteiger partial charge in [-0.15, -0.1) is 0 Å². The average Bonchev–Trinajstić information content (AvgIpc) is 2.96. The van der Waals surface area contributed by atoms with Gasteiger partial charge in [-0.1, -0.05) is 17.8 Å². The molecule has 3 rings (SSSR count). The van der Waals surface area contributed by atoms with Gasteiger partial charge in [-0.2, -0.15) is 0 Å². The normalized spacial score (nSPS) is 22.3. The topological polar surface area (TPSA) is 36.1 Å². The zero-order valence-electron chi connectivity index (χ0n) is 9.21. The van der Waals surface area contributed by atoms with Crippen LogP contribution in [-0.2, 0) is 6.42 Å². The Bertz CT molecular complexity index is 442. The van der Waals surface area contributed by atoms with Crippen molar-refractivity contribution in [2.45, 2.75) is 11.9 Å². The molecule has 0 bridgehead atoms. The summed E-state index contributed by atoms with van der Waals surface area (Å²) in [6.07, 6.45) is 1.14.